The Balaban J connectivity index is 1.74. The lowest BCUT2D eigenvalue weighted by molar-refractivity contribution is -0.121. The van der Waals surface area contributed by atoms with Crippen molar-refractivity contribution in [2.24, 2.45) is 0 Å². The fourth-order valence-electron chi connectivity index (χ4n) is 2.63. The largest absolute Gasteiger partial charge is 0.492 e. The summed E-state index contributed by atoms with van der Waals surface area (Å²) in [6.45, 7) is 4.25. The van der Waals surface area contributed by atoms with Crippen molar-refractivity contribution in [2.75, 3.05) is 24.7 Å². The number of carbonyl (C=O) groups is 2. The van der Waals surface area contributed by atoms with E-state index in [9.17, 15) is 9.59 Å². The van der Waals surface area contributed by atoms with E-state index in [1.165, 1.54) is 6.92 Å². The first-order valence-corrected chi connectivity index (χ1v) is 7.82. The molecule has 0 N–H and O–H groups in total. The number of amides is 1. The molecule has 5 nitrogen and oxygen atoms in total. The van der Waals surface area contributed by atoms with Crippen molar-refractivity contribution in [3.8, 4) is 11.5 Å². The first kappa shape index (κ1) is 16.1. The minimum absolute atomic E-state index is 0.00311. The Morgan fingerprint density at radius 2 is 2.08 bits per heavy atom. The summed E-state index contributed by atoms with van der Waals surface area (Å²) in [5.74, 6) is 1.19. The zero-order chi connectivity index (χ0) is 17.1. The van der Waals surface area contributed by atoms with E-state index >= 15 is 0 Å². The number of anilines is 1. The Bertz CT molecular complexity index is 785. The highest BCUT2D eigenvalue weighted by Gasteiger charge is 2.26. The van der Waals surface area contributed by atoms with Gasteiger partial charge in [-0.1, -0.05) is 12.1 Å². The van der Waals surface area contributed by atoms with Gasteiger partial charge in [0.1, 0.15) is 18.1 Å². The highest BCUT2D eigenvalue weighted by Crippen LogP contribution is 2.33. The maximum Gasteiger partial charge on any atom is 0.265 e. The Kier molecular flexibility index (Phi) is 4.51. The molecule has 0 unspecified atom stereocenters. The molecule has 0 saturated carbocycles. The fraction of sp³-hybridized carbons (Fsp3) is 0.263. The van der Waals surface area contributed by atoms with Gasteiger partial charge in [0.2, 0.25) is 0 Å². The molecule has 3 rings (SSSR count). The van der Waals surface area contributed by atoms with E-state index in [1.54, 1.807) is 23.1 Å². The minimum Gasteiger partial charge on any atom is -0.492 e. The lowest BCUT2D eigenvalue weighted by Crippen LogP contribution is -2.41. The summed E-state index contributed by atoms with van der Waals surface area (Å²) >= 11 is 0. The normalized spacial score (nSPS) is 13.2. The van der Waals surface area contributed by atoms with Crippen LogP contribution in [0.4, 0.5) is 5.69 Å². The molecule has 1 aliphatic heterocycles. The summed E-state index contributed by atoms with van der Waals surface area (Å²) in [7, 11) is 0. The van der Waals surface area contributed by atoms with Crippen LogP contribution in [-0.4, -0.2) is 31.4 Å². The number of fused-ring (bicyclic) bond motifs is 1. The Labute approximate surface area is 140 Å². The van der Waals surface area contributed by atoms with Crippen LogP contribution in [-0.2, 0) is 4.79 Å². The Hall–Kier alpha value is -2.82. The first-order chi connectivity index (χ1) is 11.5. The van der Waals surface area contributed by atoms with Crippen molar-refractivity contribution in [1.29, 1.82) is 0 Å². The average molecular weight is 325 g/mol. The summed E-state index contributed by atoms with van der Waals surface area (Å²) in [5.41, 5.74) is 2.29. The number of benzene rings is 2. The number of aryl methyl sites for hydroxylation is 1. The number of hydrogen-bond donors (Lipinski definition) is 0. The minimum atomic E-state index is -0.143. The SMILES string of the molecule is CC(=O)c1ccc2c(c1)N(CCOc1cccc(C)c1)C(=O)CO2. The van der Waals surface area contributed by atoms with Gasteiger partial charge in [-0.2, -0.15) is 0 Å². The van der Waals surface area contributed by atoms with Crippen LogP contribution < -0.4 is 14.4 Å². The molecule has 0 radical (unpaired) electrons. The number of ketones is 1. The first-order valence-electron chi connectivity index (χ1n) is 7.82. The number of ether oxygens (including phenoxy) is 2. The van der Waals surface area contributed by atoms with Gasteiger partial charge in [0.25, 0.3) is 5.91 Å². The molecule has 0 aliphatic carbocycles. The van der Waals surface area contributed by atoms with Gasteiger partial charge in [0.15, 0.2) is 12.4 Å². The van der Waals surface area contributed by atoms with Crippen molar-refractivity contribution in [3.63, 3.8) is 0 Å². The van der Waals surface area contributed by atoms with Crippen LogP contribution in [0.3, 0.4) is 0 Å². The number of hydrogen-bond acceptors (Lipinski definition) is 4. The third kappa shape index (κ3) is 3.40. The molecule has 2 aromatic rings. The molecule has 0 fully saturated rings. The van der Waals surface area contributed by atoms with Gasteiger partial charge >= 0.3 is 0 Å². The summed E-state index contributed by atoms with van der Waals surface area (Å²) in [5, 5.41) is 0. The molecule has 0 bridgehead atoms. The molecule has 1 aliphatic rings. The molecule has 5 heteroatoms. The van der Waals surface area contributed by atoms with E-state index < -0.39 is 0 Å². The summed E-state index contributed by atoms with van der Waals surface area (Å²) in [6, 6.07) is 12.9. The van der Waals surface area contributed by atoms with Crippen LogP contribution >= 0.6 is 0 Å². The van der Waals surface area contributed by atoms with Crippen LogP contribution in [0.5, 0.6) is 11.5 Å². The fourth-order valence-corrected chi connectivity index (χ4v) is 2.63. The van der Waals surface area contributed by atoms with Crippen LogP contribution in [0.15, 0.2) is 42.5 Å². The van der Waals surface area contributed by atoms with Gasteiger partial charge in [0, 0.05) is 5.56 Å². The Morgan fingerprint density at radius 3 is 2.83 bits per heavy atom. The summed E-state index contributed by atoms with van der Waals surface area (Å²) < 4.78 is 11.2. The molecular formula is C19H19NO4. The van der Waals surface area contributed by atoms with E-state index in [2.05, 4.69) is 0 Å². The van der Waals surface area contributed by atoms with Crippen molar-refractivity contribution in [1.82, 2.24) is 0 Å². The summed E-state index contributed by atoms with van der Waals surface area (Å²) in [4.78, 5) is 25.4. The molecule has 0 aromatic heterocycles. The van der Waals surface area contributed by atoms with Gasteiger partial charge in [0.05, 0.1) is 12.2 Å². The van der Waals surface area contributed by atoms with Crippen LogP contribution in [0.1, 0.15) is 22.8 Å². The second-order valence-electron chi connectivity index (χ2n) is 5.74. The van der Waals surface area contributed by atoms with Crippen LogP contribution in [0, 0.1) is 6.92 Å². The third-order valence-electron chi connectivity index (χ3n) is 3.88. The van der Waals surface area contributed by atoms with Crippen LogP contribution in [0.2, 0.25) is 0 Å². The number of Topliss-reactive ketones (excluding diaryl/α,β-unsaturated/α-hetero) is 1. The van der Waals surface area contributed by atoms with Crippen molar-refractivity contribution in [2.45, 2.75) is 13.8 Å². The predicted octanol–water partition coefficient (Wildman–Crippen LogP) is 3.00. The molecule has 0 atom stereocenters. The van der Waals surface area contributed by atoms with Crippen molar-refractivity contribution >= 4 is 17.4 Å². The van der Waals surface area contributed by atoms with Gasteiger partial charge in [-0.25, -0.2) is 0 Å². The van der Waals surface area contributed by atoms with Gasteiger partial charge in [-0.3, -0.25) is 9.59 Å². The molecule has 124 valence electrons. The molecule has 1 amide bonds. The quantitative estimate of drug-likeness (QED) is 0.793. The van der Waals surface area contributed by atoms with Crippen molar-refractivity contribution < 1.29 is 19.1 Å². The van der Waals surface area contributed by atoms with E-state index in [4.69, 9.17) is 9.47 Å². The Morgan fingerprint density at radius 1 is 1.25 bits per heavy atom. The predicted molar refractivity (Wildman–Crippen MR) is 91.0 cm³/mol. The number of rotatable bonds is 5. The average Bonchev–Trinajstić information content (AvgIpc) is 2.56. The molecule has 0 saturated heterocycles. The molecule has 0 spiro atoms. The number of carbonyl (C=O) groups excluding carboxylic acids is 2. The number of nitrogens with zero attached hydrogens (tertiary/aromatic N) is 1. The zero-order valence-corrected chi connectivity index (χ0v) is 13.7. The highest BCUT2D eigenvalue weighted by atomic mass is 16.5. The molecule has 24 heavy (non-hydrogen) atoms. The third-order valence-corrected chi connectivity index (χ3v) is 3.88. The van der Waals surface area contributed by atoms with E-state index in [0.29, 0.717) is 30.2 Å². The maximum atomic E-state index is 12.2. The standard InChI is InChI=1S/C19H19NO4/c1-13-4-3-5-16(10-13)23-9-8-20-17-11-15(14(2)21)6-7-18(17)24-12-19(20)22/h3-7,10-11H,8-9,12H2,1-2H3. The highest BCUT2D eigenvalue weighted by molar-refractivity contribution is 6.01. The van der Waals surface area contributed by atoms with Gasteiger partial charge in [-0.05, 0) is 49.7 Å². The van der Waals surface area contributed by atoms with E-state index in [-0.39, 0.29) is 18.3 Å². The second kappa shape index (κ2) is 6.74. The maximum absolute atomic E-state index is 12.2. The zero-order valence-electron chi connectivity index (χ0n) is 13.7. The van der Waals surface area contributed by atoms with E-state index in [0.717, 1.165) is 11.3 Å². The van der Waals surface area contributed by atoms with Crippen molar-refractivity contribution in [3.05, 3.63) is 53.6 Å². The lowest BCUT2D eigenvalue weighted by atomic mass is 10.1. The molecule has 1 heterocycles. The van der Waals surface area contributed by atoms with Crippen LogP contribution in [0.25, 0.3) is 0 Å². The lowest BCUT2D eigenvalue weighted by Gasteiger charge is -2.29. The molecular weight excluding hydrogens is 306 g/mol. The molecule has 2 aromatic carbocycles. The van der Waals surface area contributed by atoms with Gasteiger partial charge < -0.3 is 14.4 Å². The topological polar surface area (TPSA) is 55.8 Å². The van der Waals surface area contributed by atoms with E-state index in [1.807, 2.05) is 31.2 Å². The smallest absolute Gasteiger partial charge is 0.265 e. The monoisotopic (exact) mass is 325 g/mol. The van der Waals surface area contributed by atoms with Gasteiger partial charge in [-0.15, -0.1) is 0 Å². The second-order valence-corrected chi connectivity index (χ2v) is 5.74. The summed E-state index contributed by atoms with van der Waals surface area (Å²) in [6.07, 6.45) is 0.